The van der Waals surface area contributed by atoms with Crippen molar-refractivity contribution < 1.29 is 14.7 Å². The summed E-state index contributed by atoms with van der Waals surface area (Å²) in [5.41, 5.74) is 1.20. The molecule has 0 aliphatic carbocycles. The van der Waals surface area contributed by atoms with Gasteiger partial charge in [-0.15, -0.1) is 0 Å². The second-order valence-electron chi connectivity index (χ2n) is 6.07. The van der Waals surface area contributed by atoms with Gasteiger partial charge >= 0.3 is 6.09 Å². The zero-order valence-corrected chi connectivity index (χ0v) is 14.5. The van der Waals surface area contributed by atoms with E-state index in [0.717, 1.165) is 10.8 Å². The van der Waals surface area contributed by atoms with E-state index in [-0.39, 0.29) is 18.0 Å². The fourth-order valence-corrected chi connectivity index (χ4v) is 2.88. The van der Waals surface area contributed by atoms with Gasteiger partial charge in [0, 0.05) is 28.5 Å². The summed E-state index contributed by atoms with van der Waals surface area (Å²) < 4.78 is 0. The molecule has 8 heteroatoms. The minimum atomic E-state index is -1.06. The number of rotatable bonds is 7. The second-order valence-corrected chi connectivity index (χ2v) is 6.07. The number of carbonyl (C=O) groups excluding carboxylic acids is 1. The maximum absolute atomic E-state index is 12.1. The van der Waals surface area contributed by atoms with Crippen LogP contribution >= 0.6 is 0 Å². The van der Waals surface area contributed by atoms with Gasteiger partial charge in [-0.05, 0) is 42.6 Å². The van der Waals surface area contributed by atoms with Gasteiger partial charge < -0.3 is 26.0 Å². The van der Waals surface area contributed by atoms with Crippen LogP contribution in [0.2, 0.25) is 0 Å². The van der Waals surface area contributed by atoms with Crippen molar-refractivity contribution in [3.63, 3.8) is 0 Å². The highest BCUT2D eigenvalue weighted by Crippen LogP contribution is 2.24. The molecule has 0 spiro atoms. The van der Waals surface area contributed by atoms with Crippen LogP contribution in [0, 0.1) is 0 Å². The first kappa shape index (κ1) is 18.4. The van der Waals surface area contributed by atoms with Crippen molar-refractivity contribution in [1.82, 2.24) is 15.6 Å². The minimum Gasteiger partial charge on any atom is -0.465 e. The Balaban J connectivity index is 1.64. The van der Waals surface area contributed by atoms with Crippen LogP contribution in [-0.2, 0) is 4.79 Å². The third-order valence-corrected chi connectivity index (χ3v) is 4.11. The number of carboxylic acid groups (broad SMARTS) is 1. The molecule has 1 heterocycles. The van der Waals surface area contributed by atoms with E-state index in [1.165, 1.54) is 0 Å². The first-order valence-corrected chi connectivity index (χ1v) is 8.57. The van der Waals surface area contributed by atoms with E-state index in [4.69, 9.17) is 5.11 Å². The molecule has 0 unspecified atom stereocenters. The average molecular weight is 368 g/mol. The summed E-state index contributed by atoms with van der Waals surface area (Å²) in [5.74, 6) is -0.200. The average Bonchev–Trinajstić information content (AvgIpc) is 2.65. The lowest BCUT2D eigenvalue weighted by Crippen LogP contribution is -2.31. The summed E-state index contributed by atoms with van der Waals surface area (Å²) in [5, 5.41) is 18.8. The van der Waals surface area contributed by atoms with E-state index in [9.17, 15) is 14.4 Å². The predicted octanol–water partition coefficient (Wildman–Crippen LogP) is 1.87. The van der Waals surface area contributed by atoms with Crippen molar-refractivity contribution in [3.8, 4) is 0 Å². The maximum Gasteiger partial charge on any atom is 0.404 e. The number of anilines is 1. The number of benzene rings is 2. The molecule has 3 aromatic rings. The van der Waals surface area contributed by atoms with E-state index < -0.39 is 6.09 Å². The number of aromatic amines is 1. The molecule has 3 rings (SSSR count). The van der Waals surface area contributed by atoms with Gasteiger partial charge in [0.2, 0.25) is 5.91 Å². The minimum absolute atomic E-state index is 0.122. The topological polar surface area (TPSA) is 123 Å². The Morgan fingerprint density at radius 2 is 1.78 bits per heavy atom. The molecule has 2 amide bonds. The van der Waals surface area contributed by atoms with E-state index in [2.05, 4.69) is 20.9 Å². The van der Waals surface area contributed by atoms with E-state index >= 15 is 0 Å². The van der Waals surface area contributed by atoms with Gasteiger partial charge in [0.05, 0.1) is 6.54 Å². The Morgan fingerprint density at radius 3 is 2.56 bits per heavy atom. The number of aromatic nitrogens is 1. The molecule has 0 atom stereocenters. The number of pyridine rings is 1. The van der Waals surface area contributed by atoms with E-state index in [1.807, 2.05) is 24.3 Å². The van der Waals surface area contributed by atoms with Crippen LogP contribution in [0.25, 0.3) is 21.7 Å². The van der Waals surface area contributed by atoms with Gasteiger partial charge in [0.15, 0.2) is 0 Å². The highest BCUT2D eigenvalue weighted by atomic mass is 16.4. The summed E-state index contributed by atoms with van der Waals surface area (Å²) >= 11 is 0. The lowest BCUT2D eigenvalue weighted by molar-refractivity contribution is -0.115. The van der Waals surface area contributed by atoms with E-state index in [1.54, 1.807) is 18.2 Å². The molecule has 0 aliphatic rings. The summed E-state index contributed by atoms with van der Waals surface area (Å²) in [6.07, 6.45) is -0.465. The van der Waals surface area contributed by atoms with E-state index in [0.29, 0.717) is 36.1 Å². The van der Waals surface area contributed by atoms with Crippen LogP contribution < -0.4 is 21.5 Å². The third kappa shape index (κ3) is 4.62. The summed E-state index contributed by atoms with van der Waals surface area (Å²) in [6, 6.07) is 12.7. The second kappa shape index (κ2) is 8.33. The van der Waals surface area contributed by atoms with Crippen LogP contribution in [0.5, 0.6) is 0 Å². The zero-order chi connectivity index (χ0) is 19.2. The normalized spacial score (nSPS) is 10.8. The van der Waals surface area contributed by atoms with Crippen molar-refractivity contribution in [1.29, 1.82) is 0 Å². The fourth-order valence-electron chi connectivity index (χ4n) is 2.88. The molecule has 8 nitrogen and oxygen atoms in total. The van der Waals surface area contributed by atoms with Crippen LogP contribution in [0.1, 0.15) is 6.42 Å². The molecule has 0 bridgehead atoms. The van der Waals surface area contributed by atoms with Gasteiger partial charge in [-0.1, -0.05) is 18.2 Å². The lowest BCUT2D eigenvalue weighted by Gasteiger charge is -2.09. The Labute approximate surface area is 154 Å². The van der Waals surface area contributed by atoms with Crippen molar-refractivity contribution in [2.45, 2.75) is 6.42 Å². The molecule has 0 radical (unpaired) electrons. The summed E-state index contributed by atoms with van der Waals surface area (Å²) in [7, 11) is 0. The third-order valence-electron chi connectivity index (χ3n) is 4.11. The predicted molar refractivity (Wildman–Crippen MR) is 104 cm³/mol. The molecule has 140 valence electrons. The molecule has 2 aromatic carbocycles. The fraction of sp³-hybridized carbons (Fsp3) is 0.211. The SMILES string of the molecule is O=C(O)NCCCNCC(=O)Nc1ccc2[nH]c(=O)c3ccccc3c2c1. The van der Waals surface area contributed by atoms with Gasteiger partial charge in [-0.25, -0.2) is 4.79 Å². The van der Waals surface area contributed by atoms with Gasteiger partial charge in [0.25, 0.3) is 5.56 Å². The number of fused-ring (bicyclic) bond motifs is 3. The Bertz CT molecular complexity index is 1040. The molecule has 0 aliphatic heterocycles. The lowest BCUT2D eigenvalue weighted by atomic mass is 10.1. The molecule has 0 saturated carbocycles. The number of hydrogen-bond acceptors (Lipinski definition) is 4. The largest absolute Gasteiger partial charge is 0.465 e. The highest BCUT2D eigenvalue weighted by Gasteiger charge is 2.07. The van der Waals surface area contributed by atoms with Crippen LogP contribution in [-0.4, -0.2) is 41.7 Å². The molecule has 0 saturated heterocycles. The number of amides is 2. The number of nitrogens with one attached hydrogen (secondary N) is 4. The van der Waals surface area contributed by atoms with Gasteiger partial charge in [0.1, 0.15) is 0 Å². The number of hydrogen-bond donors (Lipinski definition) is 5. The van der Waals surface area contributed by atoms with Crippen molar-refractivity contribution in [2.24, 2.45) is 0 Å². The molecular weight excluding hydrogens is 348 g/mol. The quantitative estimate of drug-likeness (QED) is 0.322. The van der Waals surface area contributed by atoms with Crippen LogP contribution in [0.4, 0.5) is 10.5 Å². The van der Waals surface area contributed by atoms with Crippen molar-refractivity contribution in [2.75, 3.05) is 25.0 Å². The molecule has 0 fully saturated rings. The molecule has 1 aromatic heterocycles. The van der Waals surface area contributed by atoms with Crippen molar-refractivity contribution >= 4 is 39.4 Å². The first-order chi connectivity index (χ1) is 13.0. The Kier molecular flexibility index (Phi) is 5.68. The van der Waals surface area contributed by atoms with Gasteiger partial charge in [-0.3, -0.25) is 9.59 Å². The summed E-state index contributed by atoms with van der Waals surface area (Å²) in [6.45, 7) is 0.981. The first-order valence-electron chi connectivity index (χ1n) is 8.57. The highest BCUT2D eigenvalue weighted by molar-refractivity contribution is 6.07. The van der Waals surface area contributed by atoms with Crippen LogP contribution in [0.3, 0.4) is 0 Å². The summed E-state index contributed by atoms with van der Waals surface area (Å²) in [4.78, 5) is 37.3. The molecular formula is C19H20N4O4. The van der Waals surface area contributed by atoms with Crippen molar-refractivity contribution in [3.05, 3.63) is 52.8 Å². The number of carbonyl (C=O) groups is 2. The Hall–Kier alpha value is -3.39. The smallest absolute Gasteiger partial charge is 0.404 e. The maximum atomic E-state index is 12.1. The zero-order valence-electron chi connectivity index (χ0n) is 14.5. The van der Waals surface area contributed by atoms with Gasteiger partial charge in [-0.2, -0.15) is 0 Å². The number of H-pyrrole nitrogens is 1. The molecule has 5 N–H and O–H groups in total. The standard InChI is InChI=1S/C19H20N4O4/c24-17(11-20-8-3-9-21-19(26)27)22-12-6-7-16-15(10-12)13-4-1-2-5-14(13)18(25)23-16/h1-2,4-7,10,20-21H,3,8-9,11H2,(H,22,24)(H,23,25)(H,26,27). The molecule has 27 heavy (non-hydrogen) atoms. The van der Waals surface area contributed by atoms with Crippen LogP contribution in [0.15, 0.2) is 47.3 Å². The monoisotopic (exact) mass is 368 g/mol. The Morgan fingerprint density at radius 1 is 1.00 bits per heavy atom.